The number of hydrogen-bond acceptors (Lipinski definition) is 15. The second kappa shape index (κ2) is 57.9. The molecule has 0 spiro atoms. The summed E-state index contributed by atoms with van der Waals surface area (Å²) in [5.41, 5.74) is 0. The van der Waals surface area contributed by atoms with Crippen LogP contribution in [0.5, 0.6) is 0 Å². The van der Waals surface area contributed by atoms with E-state index < -0.39 is 97.5 Å². The van der Waals surface area contributed by atoms with E-state index in [9.17, 15) is 43.2 Å². The molecule has 0 bridgehead atoms. The van der Waals surface area contributed by atoms with Crippen LogP contribution in [0.2, 0.25) is 0 Å². The fraction of sp³-hybridized carbons (Fsp3) is 0.941. The number of unbranched alkanes of at least 4 members (excludes halogenated alkanes) is 30. The van der Waals surface area contributed by atoms with E-state index in [0.29, 0.717) is 31.6 Å². The Balaban J connectivity index is 5.26. The van der Waals surface area contributed by atoms with Crippen LogP contribution in [0.15, 0.2) is 0 Å². The lowest BCUT2D eigenvalue weighted by Crippen LogP contribution is -2.30. The first-order chi connectivity index (χ1) is 41.6. The molecule has 87 heavy (non-hydrogen) atoms. The number of hydrogen-bond donors (Lipinski definition) is 3. The summed E-state index contributed by atoms with van der Waals surface area (Å²) in [7, 11) is -9.90. The zero-order valence-corrected chi connectivity index (χ0v) is 58.4. The number of esters is 4. The predicted octanol–water partition coefficient (Wildman–Crippen LogP) is 18.9. The average molecular weight is 1280 g/mol. The predicted molar refractivity (Wildman–Crippen MR) is 349 cm³/mol. The van der Waals surface area contributed by atoms with Gasteiger partial charge in [0.25, 0.3) is 0 Å². The third-order valence-corrected chi connectivity index (χ3v) is 17.8. The number of phosphoric acid groups is 2. The maximum Gasteiger partial charge on any atom is 0.472 e. The Morgan fingerprint density at radius 2 is 0.552 bits per heavy atom. The molecule has 0 aromatic heterocycles. The molecular formula is C68H132O17P2. The van der Waals surface area contributed by atoms with Gasteiger partial charge in [-0.2, -0.15) is 0 Å². The van der Waals surface area contributed by atoms with E-state index in [0.717, 1.165) is 114 Å². The number of aliphatic hydroxyl groups is 1. The van der Waals surface area contributed by atoms with Crippen LogP contribution in [-0.2, 0) is 65.4 Å². The first kappa shape index (κ1) is 85.1. The summed E-state index contributed by atoms with van der Waals surface area (Å²) in [6, 6.07) is 0. The van der Waals surface area contributed by atoms with Crippen molar-refractivity contribution in [3.05, 3.63) is 0 Å². The maximum atomic E-state index is 13.0. The van der Waals surface area contributed by atoms with Crippen molar-refractivity contribution < 1.29 is 80.2 Å². The Labute approximate surface area is 530 Å². The number of carbonyl (C=O) groups excluding carboxylic acids is 4. The first-order valence-electron chi connectivity index (χ1n) is 35.2. The van der Waals surface area contributed by atoms with Crippen molar-refractivity contribution >= 4 is 39.5 Å². The normalized spacial score (nSPS) is 14.6. The van der Waals surface area contributed by atoms with Gasteiger partial charge in [-0.1, -0.05) is 280 Å². The second-order valence-corrected chi connectivity index (χ2v) is 29.1. The molecule has 6 atom stereocenters. The molecule has 0 aliphatic rings. The highest BCUT2D eigenvalue weighted by Gasteiger charge is 2.30. The Kier molecular flexibility index (Phi) is 56.6. The molecule has 0 aromatic carbocycles. The zero-order valence-electron chi connectivity index (χ0n) is 56.6. The Morgan fingerprint density at radius 3 is 0.816 bits per heavy atom. The molecule has 0 saturated heterocycles. The van der Waals surface area contributed by atoms with Gasteiger partial charge in [-0.05, 0) is 49.4 Å². The van der Waals surface area contributed by atoms with Crippen LogP contribution >= 0.6 is 15.6 Å². The van der Waals surface area contributed by atoms with Crippen LogP contribution in [0.3, 0.4) is 0 Å². The molecule has 0 saturated carbocycles. The topological polar surface area (TPSA) is 237 Å². The van der Waals surface area contributed by atoms with E-state index >= 15 is 0 Å². The maximum absolute atomic E-state index is 13.0. The number of phosphoric ester groups is 2. The Hall–Kier alpha value is -1.94. The van der Waals surface area contributed by atoms with Gasteiger partial charge in [0.15, 0.2) is 12.2 Å². The van der Waals surface area contributed by atoms with E-state index in [-0.39, 0.29) is 25.7 Å². The average Bonchev–Trinajstić information content (AvgIpc) is 3.58. The summed E-state index contributed by atoms with van der Waals surface area (Å²) in [5, 5.41) is 10.6. The van der Waals surface area contributed by atoms with E-state index in [1.54, 1.807) is 0 Å². The minimum absolute atomic E-state index is 0.102. The molecule has 3 N–H and O–H groups in total. The minimum Gasteiger partial charge on any atom is -0.462 e. The molecule has 0 aliphatic heterocycles. The van der Waals surface area contributed by atoms with E-state index in [4.69, 9.17) is 37.0 Å². The lowest BCUT2D eigenvalue weighted by molar-refractivity contribution is -0.161. The molecule has 4 unspecified atom stereocenters. The molecule has 0 radical (unpaired) electrons. The van der Waals surface area contributed by atoms with Crippen molar-refractivity contribution in [1.82, 2.24) is 0 Å². The highest BCUT2D eigenvalue weighted by atomic mass is 31.2. The van der Waals surface area contributed by atoms with Gasteiger partial charge < -0.3 is 33.8 Å². The second-order valence-electron chi connectivity index (χ2n) is 26.2. The van der Waals surface area contributed by atoms with Crippen LogP contribution in [0.25, 0.3) is 0 Å². The largest absolute Gasteiger partial charge is 0.472 e. The summed E-state index contributed by atoms with van der Waals surface area (Å²) in [5.74, 6) is 0.814. The van der Waals surface area contributed by atoms with Gasteiger partial charge in [-0.15, -0.1) is 0 Å². The molecule has 19 heteroatoms. The monoisotopic (exact) mass is 1280 g/mol. The number of carbonyl (C=O) groups is 4. The van der Waals surface area contributed by atoms with Crippen LogP contribution in [0.4, 0.5) is 0 Å². The number of ether oxygens (including phenoxy) is 4. The summed E-state index contributed by atoms with van der Waals surface area (Å²) >= 11 is 0. The van der Waals surface area contributed by atoms with Crippen LogP contribution in [0, 0.1) is 23.7 Å². The molecule has 17 nitrogen and oxygen atoms in total. The standard InChI is InChI=1S/C68H132O17P2/c1-9-61(8)47-39-31-26-27-35-43-51-68(73)85-64(55-79-66(71)49-41-33-25-19-22-30-38-46-60(6)7)57-83-87(76,77)81-53-62(69)52-80-86(74,75)82-56-63(54-78-65(70)48-40-32-23-17-14-13-16-21-29-37-45-59(4)5)84-67(72)50-42-34-24-18-12-10-11-15-20-28-36-44-58(2)3/h58-64,69H,9-57H2,1-8H3,(H,74,75)(H,76,77)/t61?,62?,63-,64-/m1/s1. The zero-order chi connectivity index (χ0) is 64.7. The van der Waals surface area contributed by atoms with Crippen molar-refractivity contribution in [3.8, 4) is 0 Å². The summed E-state index contributed by atoms with van der Waals surface area (Å²) in [4.78, 5) is 72.4. The van der Waals surface area contributed by atoms with Crippen LogP contribution in [-0.4, -0.2) is 96.7 Å². The van der Waals surface area contributed by atoms with Crippen molar-refractivity contribution in [3.63, 3.8) is 0 Å². The van der Waals surface area contributed by atoms with Crippen molar-refractivity contribution in [2.24, 2.45) is 23.7 Å². The quantitative estimate of drug-likeness (QED) is 0.0222. The van der Waals surface area contributed by atoms with Crippen molar-refractivity contribution in [2.45, 2.75) is 350 Å². The van der Waals surface area contributed by atoms with Gasteiger partial charge in [-0.3, -0.25) is 37.3 Å². The minimum atomic E-state index is -4.95. The Morgan fingerprint density at radius 1 is 0.322 bits per heavy atom. The molecule has 0 fully saturated rings. The van der Waals surface area contributed by atoms with E-state index in [1.165, 1.54) is 128 Å². The SMILES string of the molecule is CCC(C)CCCCCCCCC(=O)O[C@H](COC(=O)CCCCCCCCCC(C)C)COP(=O)(O)OCC(O)COP(=O)(O)OC[C@@H](COC(=O)CCCCCCCCCCCCC(C)C)OC(=O)CCCCCCCCCCCCCC(C)C. The lowest BCUT2D eigenvalue weighted by atomic mass is 10.00. The number of rotatable bonds is 65. The van der Waals surface area contributed by atoms with Crippen LogP contribution < -0.4 is 0 Å². The van der Waals surface area contributed by atoms with Gasteiger partial charge in [0.2, 0.25) is 0 Å². The van der Waals surface area contributed by atoms with Gasteiger partial charge in [0.05, 0.1) is 26.4 Å². The molecule has 0 aliphatic carbocycles. The van der Waals surface area contributed by atoms with Gasteiger partial charge in [0.1, 0.15) is 19.3 Å². The van der Waals surface area contributed by atoms with Gasteiger partial charge in [0, 0.05) is 25.7 Å². The smallest absolute Gasteiger partial charge is 0.462 e. The van der Waals surface area contributed by atoms with Crippen molar-refractivity contribution in [1.29, 1.82) is 0 Å². The van der Waals surface area contributed by atoms with Gasteiger partial charge >= 0.3 is 39.5 Å². The highest BCUT2D eigenvalue weighted by Crippen LogP contribution is 2.45. The van der Waals surface area contributed by atoms with Gasteiger partial charge in [-0.25, -0.2) is 9.13 Å². The van der Waals surface area contributed by atoms with E-state index in [2.05, 4.69) is 55.4 Å². The van der Waals surface area contributed by atoms with Crippen molar-refractivity contribution in [2.75, 3.05) is 39.6 Å². The molecular weight excluding hydrogens is 1150 g/mol. The summed E-state index contributed by atoms with van der Waals surface area (Å²) in [6.07, 6.45) is 39.0. The highest BCUT2D eigenvalue weighted by molar-refractivity contribution is 7.47. The van der Waals surface area contributed by atoms with Crippen LogP contribution in [0.1, 0.15) is 331 Å². The van der Waals surface area contributed by atoms with E-state index in [1.807, 2.05) is 0 Å². The third kappa shape index (κ3) is 61.3. The fourth-order valence-electron chi connectivity index (χ4n) is 10.1. The molecule has 0 heterocycles. The molecule has 516 valence electrons. The molecule has 0 rings (SSSR count). The molecule has 0 aromatic rings. The summed E-state index contributed by atoms with van der Waals surface area (Å²) in [6.45, 7) is 14.0. The Bertz CT molecular complexity index is 1730. The third-order valence-electron chi connectivity index (χ3n) is 15.9. The lowest BCUT2D eigenvalue weighted by Gasteiger charge is -2.21. The fourth-order valence-corrected chi connectivity index (χ4v) is 11.7. The first-order valence-corrected chi connectivity index (χ1v) is 38.2. The summed E-state index contributed by atoms with van der Waals surface area (Å²) < 4.78 is 68.2. The molecule has 0 amide bonds. The number of aliphatic hydroxyl groups excluding tert-OH is 1.